The Morgan fingerprint density at radius 2 is 2.05 bits per heavy atom. The first-order valence-corrected chi connectivity index (χ1v) is 8.64. The maximum absolute atomic E-state index is 12.5. The summed E-state index contributed by atoms with van der Waals surface area (Å²) in [5, 5.41) is 3.88. The van der Waals surface area contributed by atoms with Crippen molar-refractivity contribution in [2.45, 2.75) is 51.2 Å². The van der Waals surface area contributed by atoms with E-state index >= 15 is 0 Å². The lowest BCUT2D eigenvalue weighted by atomic mass is 10.00. The van der Waals surface area contributed by atoms with Crippen LogP contribution in [0.25, 0.3) is 0 Å². The molecule has 7 heteroatoms. The van der Waals surface area contributed by atoms with Crippen LogP contribution in [0.4, 0.5) is 0 Å². The van der Waals surface area contributed by atoms with Gasteiger partial charge in [-0.2, -0.15) is 0 Å². The Kier molecular flexibility index (Phi) is 4.17. The molecule has 2 aliphatic heterocycles. The van der Waals surface area contributed by atoms with Crippen molar-refractivity contribution in [3.05, 3.63) is 11.5 Å². The van der Waals surface area contributed by atoms with E-state index in [1.165, 1.54) is 11.0 Å². The summed E-state index contributed by atoms with van der Waals surface area (Å²) < 4.78 is 23.1. The monoisotopic (exact) mass is 300 g/mol. The molecular weight excluding hydrogens is 280 g/mol. The van der Waals surface area contributed by atoms with Crippen molar-refractivity contribution in [1.29, 1.82) is 0 Å². The van der Waals surface area contributed by atoms with E-state index in [-0.39, 0.29) is 17.6 Å². The van der Waals surface area contributed by atoms with Crippen LogP contribution in [-0.2, 0) is 19.4 Å². The molecule has 3 atom stereocenters. The molecule has 0 aromatic heterocycles. The first kappa shape index (κ1) is 15.0. The maximum Gasteiger partial charge on any atom is 0.246 e. The molecule has 0 aromatic carbocycles. The number of nitrogens with zero attached hydrogens (tertiary/aromatic N) is 1. The predicted octanol–water partition coefficient (Wildman–Crippen LogP) is 0.203. The van der Waals surface area contributed by atoms with Gasteiger partial charge in [0.2, 0.25) is 11.8 Å². The molecular formula is C13H20N2O4S. The second kappa shape index (κ2) is 5.55. The molecule has 6 nitrogen and oxygen atoms in total. The average molecular weight is 300 g/mol. The second-order valence-electron chi connectivity index (χ2n) is 5.24. The van der Waals surface area contributed by atoms with Crippen LogP contribution in [0, 0.1) is 0 Å². The molecule has 3 unspecified atom stereocenters. The molecule has 0 spiro atoms. The highest BCUT2D eigenvalue weighted by Gasteiger charge is 2.43. The number of amides is 2. The highest BCUT2D eigenvalue weighted by Crippen LogP contribution is 2.23. The number of carbonyl (C=O) groups is 2. The van der Waals surface area contributed by atoms with E-state index in [1.807, 2.05) is 13.8 Å². The smallest absolute Gasteiger partial charge is 0.246 e. The topological polar surface area (TPSA) is 83.6 Å². The first-order chi connectivity index (χ1) is 9.39. The molecule has 2 heterocycles. The average Bonchev–Trinajstić information content (AvgIpc) is 2.73. The summed E-state index contributed by atoms with van der Waals surface area (Å²) in [5.74, 6) is -0.491. The van der Waals surface area contributed by atoms with Crippen LogP contribution in [0.3, 0.4) is 0 Å². The van der Waals surface area contributed by atoms with Crippen molar-refractivity contribution >= 4 is 21.7 Å². The summed E-state index contributed by atoms with van der Waals surface area (Å²) in [7, 11) is -3.25. The Hall–Kier alpha value is -1.37. The van der Waals surface area contributed by atoms with Gasteiger partial charge < -0.3 is 10.2 Å². The first-order valence-electron chi connectivity index (χ1n) is 6.93. The van der Waals surface area contributed by atoms with Gasteiger partial charge in [0.15, 0.2) is 9.84 Å². The fraction of sp³-hybridized carbons (Fsp3) is 0.692. The van der Waals surface area contributed by atoms with Gasteiger partial charge in [0.05, 0.1) is 11.8 Å². The molecule has 1 saturated heterocycles. The molecule has 112 valence electrons. The molecule has 0 bridgehead atoms. The third-order valence-electron chi connectivity index (χ3n) is 3.74. The molecule has 1 N–H and O–H groups in total. The van der Waals surface area contributed by atoms with Crippen LogP contribution in [0.5, 0.6) is 0 Å². The Morgan fingerprint density at radius 3 is 2.55 bits per heavy atom. The number of rotatable bonds is 4. The van der Waals surface area contributed by atoms with Crippen molar-refractivity contribution in [3.8, 4) is 0 Å². The van der Waals surface area contributed by atoms with Gasteiger partial charge in [-0.05, 0) is 18.9 Å². The van der Waals surface area contributed by atoms with Gasteiger partial charge in [-0.25, -0.2) is 8.42 Å². The highest BCUT2D eigenvalue weighted by atomic mass is 32.2. The number of piperazine rings is 1. The zero-order valence-corrected chi connectivity index (χ0v) is 12.5. The number of hydrogen-bond acceptors (Lipinski definition) is 4. The minimum atomic E-state index is -3.25. The molecule has 0 aromatic rings. The van der Waals surface area contributed by atoms with Crippen LogP contribution in [0.15, 0.2) is 11.5 Å². The van der Waals surface area contributed by atoms with E-state index in [1.54, 1.807) is 0 Å². The molecule has 2 amide bonds. The number of carbonyl (C=O) groups excluding carboxylic acids is 2. The maximum atomic E-state index is 12.5. The zero-order chi connectivity index (χ0) is 14.9. The number of sulfone groups is 1. The lowest BCUT2D eigenvalue weighted by molar-refractivity contribution is -0.151. The Labute approximate surface area is 119 Å². The van der Waals surface area contributed by atoms with Gasteiger partial charge in [-0.3, -0.25) is 9.59 Å². The molecule has 2 rings (SSSR count). The minimum absolute atomic E-state index is 0.124. The largest absolute Gasteiger partial charge is 0.343 e. The lowest BCUT2D eigenvalue weighted by Crippen LogP contribution is -2.65. The third kappa shape index (κ3) is 2.72. The van der Waals surface area contributed by atoms with Crippen LogP contribution in [0.2, 0.25) is 0 Å². The van der Waals surface area contributed by atoms with Crippen LogP contribution in [-0.4, -0.2) is 49.0 Å². The summed E-state index contributed by atoms with van der Waals surface area (Å²) in [6.45, 7) is 3.76. The van der Waals surface area contributed by atoms with Crippen molar-refractivity contribution in [2.75, 3.05) is 5.75 Å². The predicted molar refractivity (Wildman–Crippen MR) is 74.5 cm³/mol. The normalized spacial score (nSPS) is 32.5. The molecule has 20 heavy (non-hydrogen) atoms. The standard InChI is InChI=1S/C13H20N2O4S/c1-3-5-10-13(17)15(11(4-2)12(16)14-10)9-6-7-20(18,19)8-9/h6-7,9-11H,3-5,8H2,1-2H3,(H,14,16). The Balaban J connectivity index is 2.28. The minimum Gasteiger partial charge on any atom is -0.343 e. The van der Waals surface area contributed by atoms with Crippen LogP contribution >= 0.6 is 0 Å². The van der Waals surface area contributed by atoms with Crippen molar-refractivity contribution in [1.82, 2.24) is 10.2 Å². The van der Waals surface area contributed by atoms with Gasteiger partial charge in [0.25, 0.3) is 0 Å². The Bertz CT molecular complexity index is 541. The molecule has 1 fully saturated rings. The van der Waals surface area contributed by atoms with Crippen LogP contribution < -0.4 is 5.32 Å². The van der Waals surface area contributed by atoms with Crippen molar-refractivity contribution in [3.63, 3.8) is 0 Å². The molecule has 0 radical (unpaired) electrons. The quantitative estimate of drug-likeness (QED) is 0.804. The van der Waals surface area contributed by atoms with E-state index in [0.717, 1.165) is 11.8 Å². The fourth-order valence-corrected chi connectivity index (χ4v) is 4.06. The van der Waals surface area contributed by atoms with Crippen molar-refractivity contribution < 1.29 is 18.0 Å². The third-order valence-corrected chi connectivity index (χ3v) is 5.12. The van der Waals surface area contributed by atoms with E-state index in [0.29, 0.717) is 12.8 Å². The van der Waals surface area contributed by atoms with E-state index in [4.69, 9.17) is 0 Å². The van der Waals surface area contributed by atoms with Gasteiger partial charge >= 0.3 is 0 Å². The van der Waals surface area contributed by atoms with Gasteiger partial charge in [-0.15, -0.1) is 0 Å². The number of nitrogens with one attached hydrogen (secondary N) is 1. The lowest BCUT2D eigenvalue weighted by Gasteiger charge is -2.41. The van der Waals surface area contributed by atoms with E-state index < -0.39 is 28.0 Å². The number of hydrogen-bond donors (Lipinski definition) is 1. The Morgan fingerprint density at radius 1 is 1.35 bits per heavy atom. The van der Waals surface area contributed by atoms with Crippen LogP contribution in [0.1, 0.15) is 33.1 Å². The zero-order valence-electron chi connectivity index (χ0n) is 11.7. The van der Waals surface area contributed by atoms with E-state index in [2.05, 4.69) is 5.32 Å². The SMILES string of the molecule is CCCC1NC(=O)C(CC)N(C2C=CS(=O)(=O)C2)C1=O. The summed E-state index contributed by atoms with van der Waals surface area (Å²) in [5.41, 5.74) is 0. The van der Waals surface area contributed by atoms with E-state index in [9.17, 15) is 18.0 Å². The fourth-order valence-electron chi connectivity index (χ4n) is 2.78. The summed E-state index contributed by atoms with van der Waals surface area (Å²) in [6.07, 6.45) is 3.33. The summed E-state index contributed by atoms with van der Waals surface area (Å²) in [4.78, 5) is 26.1. The van der Waals surface area contributed by atoms with Gasteiger partial charge in [0, 0.05) is 5.41 Å². The summed E-state index contributed by atoms with van der Waals surface area (Å²) >= 11 is 0. The second-order valence-corrected chi connectivity index (χ2v) is 7.18. The van der Waals surface area contributed by atoms with Crippen molar-refractivity contribution in [2.24, 2.45) is 0 Å². The molecule has 0 saturated carbocycles. The molecule has 0 aliphatic carbocycles. The van der Waals surface area contributed by atoms with Gasteiger partial charge in [-0.1, -0.05) is 20.3 Å². The highest BCUT2D eigenvalue weighted by molar-refractivity contribution is 7.94. The van der Waals surface area contributed by atoms with Gasteiger partial charge in [0.1, 0.15) is 12.1 Å². The summed E-state index contributed by atoms with van der Waals surface area (Å²) in [6, 6.07) is -1.64. The molecule has 2 aliphatic rings.